The maximum Gasteiger partial charge on any atom is 0.244 e. The summed E-state index contributed by atoms with van der Waals surface area (Å²) in [4.78, 5) is 16.0. The van der Waals surface area contributed by atoms with Crippen LogP contribution in [0.5, 0.6) is 11.6 Å². The van der Waals surface area contributed by atoms with Gasteiger partial charge < -0.3 is 14.5 Å². The number of amides is 1. The first-order valence-corrected chi connectivity index (χ1v) is 7.47. The second-order valence-electron chi connectivity index (χ2n) is 4.98. The maximum atomic E-state index is 11.8. The lowest BCUT2D eigenvalue weighted by Crippen LogP contribution is -2.20. The number of nitrogens with zero attached hydrogens (tertiary/aromatic N) is 1. The van der Waals surface area contributed by atoms with E-state index in [9.17, 15) is 4.79 Å². The molecule has 3 aromatic rings. The molecule has 0 unspecified atom stereocenters. The molecule has 0 atom stereocenters. The van der Waals surface area contributed by atoms with Gasteiger partial charge in [-0.1, -0.05) is 18.2 Å². The molecule has 2 aromatic heterocycles. The molecule has 0 spiro atoms. The number of carbonyl (C=O) groups excluding carboxylic acids is 1. The molecule has 0 fully saturated rings. The van der Waals surface area contributed by atoms with Crippen LogP contribution in [-0.2, 0) is 11.3 Å². The number of nitrogens with one attached hydrogen (secondary N) is 1. The van der Waals surface area contributed by atoms with Gasteiger partial charge in [0.25, 0.3) is 0 Å². The first-order chi connectivity index (χ1) is 11.8. The molecule has 0 saturated heterocycles. The number of ether oxygens (including phenoxy) is 1. The molecule has 24 heavy (non-hydrogen) atoms. The zero-order chi connectivity index (χ0) is 16.6. The standard InChI is InChI=1S/C19H16N2O3/c22-18(9-8-16-7-4-12-23-16)21-14-15-10-11-20-19(13-15)24-17-5-2-1-3-6-17/h1-13H,14H2,(H,21,22). The number of rotatable bonds is 6. The zero-order valence-corrected chi connectivity index (χ0v) is 12.9. The number of aromatic nitrogens is 1. The second kappa shape index (κ2) is 7.78. The molecule has 1 amide bonds. The molecule has 0 aliphatic heterocycles. The van der Waals surface area contributed by atoms with Crippen LogP contribution in [0.2, 0.25) is 0 Å². The first-order valence-electron chi connectivity index (χ1n) is 7.47. The molecular weight excluding hydrogens is 304 g/mol. The third kappa shape index (κ3) is 4.58. The summed E-state index contributed by atoms with van der Waals surface area (Å²) >= 11 is 0. The van der Waals surface area contributed by atoms with E-state index in [4.69, 9.17) is 9.15 Å². The first kappa shape index (κ1) is 15.6. The summed E-state index contributed by atoms with van der Waals surface area (Å²) in [5.41, 5.74) is 0.899. The Kier molecular flexibility index (Phi) is 5.04. The highest BCUT2D eigenvalue weighted by Crippen LogP contribution is 2.19. The summed E-state index contributed by atoms with van der Waals surface area (Å²) in [7, 11) is 0. The molecule has 2 heterocycles. The minimum atomic E-state index is -0.200. The van der Waals surface area contributed by atoms with Gasteiger partial charge in [0.15, 0.2) is 0 Å². The molecule has 0 saturated carbocycles. The monoisotopic (exact) mass is 320 g/mol. The highest BCUT2D eigenvalue weighted by Gasteiger charge is 2.02. The van der Waals surface area contributed by atoms with Crippen LogP contribution in [0.3, 0.4) is 0 Å². The van der Waals surface area contributed by atoms with E-state index in [2.05, 4.69) is 10.3 Å². The van der Waals surface area contributed by atoms with Crippen molar-refractivity contribution in [3.05, 3.63) is 84.5 Å². The van der Waals surface area contributed by atoms with Crippen molar-refractivity contribution in [2.24, 2.45) is 0 Å². The normalized spacial score (nSPS) is 10.7. The summed E-state index contributed by atoms with van der Waals surface area (Å²) in [6.07, 6.45) is 6.26. The Labute approximate surface area is 139 Å². The van der Waals surface area contributed by atoms with Crippen LogP contribution in [0.25, 0.3) is 6.08 Å². The number of hydrogen-bond acceptors (Lipinski definition) is 4. The number of pyridine rings is 1. The highest BCUT2D eigenvalue weighted by molar-refractivity contribution is 5.91. The summed E-state index contributed by atoms with van der Waals surface area (Å²) < 4.78 is 10.8. The molecule has 5 heteroatoms. The van der Waals surface area contributed by atoms with Crippen molar-refractivity contribution in [3.63, 3.8) is 0 Å². The van der Waals surface area contributed by atoms with E-state index in [0.717, 1.165) is 5.56 Å². The number of furan rings is 1. The lowest BCUT2D eigenvalue weighted by molar-refractivity contribution is -0.116. The molecule has 1 aromatic carbocycles. The van der Waals surface area contributed by atoms with Crippen molar-refractivity contribution in [2.45, 2.75) is 6.54 Å². The Balaban J connectivity index is 1.55. The molecule has 3 rings (SSSR count). The van der Waals surface area contributed by atoms with Crippen LogP contribution < -0.4 is 10.1 Å². The van der Waals surface area contributed by atoms with Crippen molar-refractivity contribution < 1.29 is 13.9 Å². The van der Waals surface area contributed by atoms with Gasteiger partial charge in [-0.05, 0) is 42.0 Å². The summed E-state index contributed by atoms with van der Waals surface area (Å²) in [6.45, 7) is 0.384. The number of hydrogen-bond donors (Lipinski definition) is 1. The van der Waals surface area contributed by atoms with Gasteiger partial charge in [-0.3, -0.25) is 4.79 Å². The summed E-state index contributed by atoms with van der Waals surface area (Å²) in [5, 5.41) is 2.80. The Morgan fingerprint density at radius 1 is 1.17 bits per heavy atom. The van der Waals surface area contributed by atoms with E-state index in [0.29, 0.717) is 23.9 Å². The van der Waals surface area contributed by atoms with Crippen LogP contribution in [0.15, 0.2) is 77.6 Å². The predicted molar refractivity (Wildman–Crippen MR) is 90.3 cm³/mol. The fourth-order valence-corrected chi connectivity index (χ4v) is 2.02. The molecule has 0 aliphatic rings. The van der Waals surface area contributed by atoms with E-state index in [1.807, 2.05) is 36.4 Å². The van der Waals surface area contributed by atoms with E-state index < -0.39 is 0 Å². The Morgan fingerprint density at radius 2 is 2.04 bits per heavy atom. The molecule has 5 nitrogen and oxygen atoms in total. The van der Waals surface area contributed by atoms with Gasteiger partial charge in [0.2, 0.25) is 11.8 Å². The van der Waals surface area contributed by atoms with Gasteiger partial charge >= 0.3 is 0 Å². The zero-order valence-electron chi connectivity index (χ0n) is 12.9. The molecule has 1 N–H and O–H groups in total. The highest BCUT2D eigenvalue weighted by atomic mass is 16.5. The Hall–Kier alpha value is -3.34. The van der Waals surface area contributed by atoms with Crippen LogP contribution >= 0.6 is 0 Å². The fraction of sp³-hybridized carbons (Fsp3) is 0.0526. The lowest BCUT2D eigenvalue weighted by Gasteiger charge is -2.07. The Bertz CT molecular complexity index is 812. The van der Waals surface area contributed by atoms with Crippen LogP contribution in [0.1, 0.15) is 11.3 Å². The van der Waals surface area contributed by atoms with E-state index in [-0.39, 0.29) is 5.91 Å². The average molecular weight is 320 g/mol. The van der Waals surface area contributed by atoms with Gasteiger partial charge in [-0.2, -0.15) is 0 Å². The molecular formula is C19H16N2O3. The predicted octanol–water partition coefficient (Wildman–Crippen LogP) is 3.80. The number of benzene rings is 1. The van der Waals surface area contributed by atoms with E-state index in [1.165, 1.54) is 6.08 Å². The van der Waals surface area contributed by atoms with Crippen molar-refractivity contribution in [1.29, 1.82) is 0 Å². The van der Waals surface area contributed by atoms with Gasteiger partial charge in [0.1, 0.15) is 11.5 Å². The van der Waals surface area contributed by atoms with Crippen LogP contribution in [0.4, 0.5) is 0 Å². The SMILES string of the molecule is O=C(C=Cc1ccco1)NCc1ccnc(Oc2ccccc2)c1. The molecule has 0 radical (unpaired) electrons. The number of carbonyl (C=O) groups is 1. The van der Waals surface area contributed by atoms with Crippen molar-refractivity contribution >= 4 is 12.0 Å². The summed E-state index contributed by atoms with van der Waals surface area (Å²) in [6, 6.07) is 16.6. The maximum absolute atomic E-state index is 11.8. The smallest absolute Gasteiger partial charge is 0.244 e. The van der Waals surface area contributed by atoms with Gasteiger partial charge in [0.05, 0.1) is 6.26 Å². The van der Waals surface area contributed by atoms with Gasteiger partial charge in [0, 0.05) is 24.9 Å². The lowest BCUT2D eigenvalue weighted by atomic mass is 10.2. The fourth-order valence-electron chi connectivity index (χ4n) is 2.02. The Morgan fingerprint density at radius 3 is 2.83 bits per heavy atom. The second-order valence-corrected chi connectivity index (χ2v) is 4.98. The van der Waals surface area contributed by atoms with Crippen molar-refractivity contribution in [1.82, 2.24) is 10.3 Å². The number of para-hydroxylation sites is 1. The van der Waals surface area contributed by atoms with Crippen molar-refractivity contribution in [3.8, 4) is 11.6 Å². The summed E-state index contributed by atoms with van der Waals surface area (Å²) in [5.74, 6) is 1.63. The van der Waals surface area contributed by atoms with Crippen LogP contribution in [-0.4, -0.2) is 10.9 Å². The van der Waals surface area contributed by atoms with E-state index >= 15 is 0 Å². The molecule has 0 aliphatic carbocycles. The molecule has 0 bridgehead atoms. The molecule has 120 valence electrons. The quantitative estimate of drug-likeness (QED) is 0.702. The van der Waals surface area contributed by atoms with Crippen LogP contribution in [0, 0.1) is 0 Å². The van der Waals surface area contributed by atoms with Gasteiger partial charge in [-0.15, -0.1) is 0 Å². The largest absolute Gasteiger partial charge is 0.465 e. The third-order valence-corrected chi connectivity index (χ3v) is 3.17. The van der Waals surface area contributed by atoms with Crippen molar-refractivity contribution in [2.75, 3.05) is 0 Å². The minimum absolute atomic E-state index is 0.200. The minimum Gasteiger partial charge on any atom is -0.465 e. The topological polar surface area (TPSA) is 64.4 Å². The van der Waals surface area contributed by atoms with E-state index in [1.54, 1.807) is 36.7 Å². The van der Waals surface area contributed by atoms with Gasteiger partial charge in [-0.25, -0.2) is 4.98 Å². The third-order valence-electron chi connectivity index (χ3n) is 3.17. The average Bonchev–Trinajstić information content (AvgIpc) is 3.13.